The summed E-state index contributed by atoms with van der Waals surface area (Å²) in [7, 11) is 0. The highest BCUT2D eigenvalue weighted by molar-refractivity contribution is 5.94. The minimum Gasteiger partial charge on any atom is -0.353 e. The van der Waals surface area contributed by atoms with Crippen molar-refractivity contribution in [3.05, 3.63) is 29.8 Å². The van der Waals surface area contributed by atoms with E-state index in [1.54, 1.807) is 6.92 Å². The van der Waals surface area contributed by atoms with Crippen LogP contribution in [0.3, 0.4) is 0 Å². The fourth-order valence-electron chi connectivity index (χ4n) is 1.84. The standard InChI is InChI=1S/C12H13F2N3O2/c1-7-11(18)15-4-5-17(7)12(19)16-10-3-2-8(13)6-9(10)14/h2-3,6-7H,4-5H2,1H3,(H,15,18)(H,16,19). The fourth-order valence-corrected chi connectivity index (χ4v) is 1.84. The fraction of sp³-hybridized carbons (Fsp3) is 0.333. The summed E-state index contributed by atoms with van der Waals surface area (Å²) >= 11 is 0. The van der Waals surface area contributed by atoms with Crippen LogP contribution in [0.4, 0.5) is 19.3 Å². The summed E-state index contributed by atoms with van der Waals surface area (Å²) in [6, 6.07) is 1.65. The van der Waals surface area contributed by atoms with Crippen LogP contribution < -0.4 is 10.6 Å². The van der Waals surface area contributed by atoms with Crippen LogP contribution in [-0.2, 0) is 4.79 Å². The summed E-state index contributed by atoms with van der Waals surface area (Å²) in [5.41, 5.74) is -0.121. The molecule has 0 radical (unpaired) electrons. The Balaban J connectivity index is 2.10. The molecule has 1 atom stereocenters. The van der Waals surface area contributed by atoms with Crippen molar-refractivity contribution in [2.45, 2.75) is 13.0 Å². The molecule has 1 fully saturated rings. The number of urea groups is 1. The van der Waals surface area contributed by atoms with Crippen LogP contribution in [0.5, 0.6) is 0 Å². The van der Waals surface area contributed by atoms with Gasteiger partial charge in [-0.15, -0.1) is 0 Å². The lowest BCUT2D eigenvalue weighted by molar-refractivity contribution is -0.126. The zero-order valence-electron chi connectivity index (χ0n) is 10.2. The number of rotatable bonds is 1. The van der Waals surface area contributed by atoms with Crippen molar-refractivity contribution in [1.82, 2.24) is 10.2 Å². The zero-order valence-corrected chi connectivity index (χ0v) is 10.2. The molecule has 0 bridgehead atoms. The molecule has 2 N–H and O–H groups in total. The topological polar surface area (TPSA) is 61.4 Å². The molecule has 1 saturated heterocycles. The van der Waals surface area contributed by atoms with E-state index < -0.39 is 23.7 Å². The zero-order chi connectivity index (χ0) is 14.0. The third kappa shape index (κ3) is 2.81. The molecule has 3 amide bonds. The van der Waals surface area contributed by atoms with Gasteiger partial charge in [0.15, 0.2) is 0 Å². The number of nitrogens with one attached hydrogen (secondary N) is 2. The van der Waals surface area contributed by atoms with Crippen molar-refractivity contribution < 1.29 is 18.4 Å². The summed E-state index contributed by atoms with van der Waals surface area (Å²) in [5.74, 6) is -1.84. The first-order valence-electron chi connectivity index (χ1n) is 5.79. The third-order valence-corrected chi connectivity index (χ3v) is 2.93. The highest BCUT2D eigenvalue weighted by Crippen LogP contribution is 2.16. The summed E-state index contributed by atoms with van der Waals surface area (Å²) in [5, 5.41) is 4.94. The number of benzene rings is 1. The van der Waals surface area contributed by atoms with E-state index in [-0.39, 0.29) is 11.6 Å². The highest BCUT2D eigenvalue weighted by Gasteiger charge is 2.29. The second-order valence-corrected chi connectivity index (χ2v) is 4.21. The molecule has 1 unspecified atom stereocenters. The molecule has 0 aliphatic carbocycles. The number of carbonyl (C=O) groups excluding carboxylic acids is 2. The first kappa shape index (κ1) is 13.3. The third-order valence-electron chi connectivity index (χ3n) is 2.93. The first-order valence-corrected chi connectivity index (χ1v) is 5.79. The van der Waals surface area contributed by atoms with Crippen LogP contribution in [-0.4, -0.2) is 36.0 Å². The van der Waals surface area contributed by atoms with Crippen molar-refractivity contribution >= 4 is 17.6 Å². The summed E-state index contributed by atoms with van der Waals surface area (Å²) < 4.78 is 26.1. The minimum atomic E-state index is -0.859. The van der Waals surface area contributed by atoms with Crippen LogP contribution in [0.2, 0.25) is 0 Å². The van der Waals surface area contributed by atoms with E-state index in [2.05, 4.69) is 10.6 Å². The molecule has 2 rings (SSSR count). The van der Waals surface area contributed by atoms with Crippen LogP contribution in [0.1, 0.15) is 6.92 Å². The van der Waals surface area contributed by atoms with Gasteiger partial charge in [0, 0.05) is 19.2 Å². The van der Waals surface area contributed by atoms with Crippen molar-refractivity contribution in [2.75, 3.05) is 18.4 Å². The van der Waals surface area contributed by atoms with Gasteiger partial charge in [-0.3, -0.25) is 4.79 Å². The lowest BCUT2D eigenvalue weighted by Crippen LogP contribution is -2.56. The summed E-state index contributed by atoms with van der Waals surface area (Å²) in [4.78, 5) is 24.6. The number of anilines is 1. The van der Waals surface area contributed by atoms with E-state index in [9.17, 15) is 18.4 Å². The molecular formula is C12H13F2N3O2. The molecule has 1 aliphatic heterocycles. The largest absolute Gasteiger partial charge is 0.353 e. The predicted octanol–water partition coefficient (Wildman–Crippen LogP) is 1.32. The SMILES string of the molecule is CC1C(=O)NCCN1C(=O)Nc1ccc(F)cc1F. The van der Waals surface area contributed by atoms with Gasteiger partial charge in [0.1, 0.15) is 17.7 Å². The average Bonchev–Trinajstić information content (AvgIpc) is 2.36. The van der Waals surface area contributed by atoms with Crippen LogP contribution in [0, 0.1) is 11.6 Å². The maximum Gasteiger partial charge on any atom is 0.322 e. The Morgan fingerprint density at radius 1 is 1.47 bits per heavy atom. The molecule has 0 saturated carbocycles. The van der Waals surface area contributed by atoms with E-state index in [1.165, 1.54) is 4.90 Å². The number of amides is 3. The Kier molecular flexibility index (Phi) is 3.64. The maximum atomic E-state index is 13.4. The monoisotopic (exact) mass is 269 g/mol. The van der Waals surface area contributed by atoms with Gasteiger partial charge in [-0.1, -0.05) is 0 Å². The molecule has 7 heteroatoms. The Morgan fingerprint density at radius 3 is 2.89 bits per heavy atom. The van der Waals surface area contributed by atoms with Crippen molar-refractivity contribution in [1.29, 1.82) is 0 Å². The van der Waals surface area contributed by atoms with E-state index in [0.717, 1.165) is 12.1 Å². The smallest absolute Gasteiger partial charge is 0.322 e. The molecule has 19 heavy (non-hydrogen) atoms. The molecule has 1 heterocycles. The number of nitrogens with zero attached hydrogens (tertiary/aromatic N) is 1. The van der Waals surface area contributed by atoms with Gasteiger partial charge in [0.2, 0.25) is 5.91 Å². The second-order valence-electron chi connectivity index (χ2n) is 4.21. The molecule has 102 valence electrons. The second kappa shape index (κ2) is 5.21. The molecule has 5 nitrogen and oxygen atoms in total. The maximum absolute atomic E-state index is 13.4. The van der Waals surface area contributed by atoms with Gasteiger partial charge >= 0.3 is 6.03 Å². The average molecular weight is 269 g/mol. The van der Waals surface area contributed by atoms with E-state index >= 15 is 0 Å². The molecule has 1 aliphatic rings. The van der Waals surface area contributed by atoms with Gasteiger partial charge in [-0.25, -0.2) is 13.6 Å². The van der Waals surface area contributed by atoms with Crippen molar-refractivity contribution in [3.8, 4) is 0 Å². The predicted molar refractivity (Wildman–Crippen MR) is 64.6 cm³/mol. The summed E-state index contributed by atoms with van der Waals surface area (Å²) in [6.45, 7) is 2.26. The highest BCUT2D eigenvalue weighted by atomic mass is 19.1. The number of halogens is 2. The number of piperazine rings is 1. The Bertz CT molecular complexity index is 522. The molecule has 1 aromatic rings. The van der Waals surface area contributed by atoms with Gasteiger partial charge in [0.25, 0.3) is 0 Å². The Hall–Kier alpha value is -2.18. The van der Waals surface area contributed by atoms with Crippen molar-refractivity contribution in [2.24, 2.45) is 0 Å². The van der Waals surface area contributed by atoms with Gasteiger partial charge in [-0.05, 0) is 19.1 Å². The molecular weight excluding hydrogens is 256 g/mol. The Labute approximate surface area is 108 Å². The molecule has 1 aromatic carbocycles. The van der Waals surface area contributed by atoms with Crippen LogP contribution >= 0.6 is 0 Å². The quantitative estimate of drug-likeness (QED) is 0.807. The van der Waals surface area contributed by atoms with Crippen LogP contribution in [0.25, 0.3) is 0 Å². The normalized spacial score (nSPS) is 19.0. The van der Waals surface area contributed by atoms with Gasteiger partial charge < -0.3 is 15.5 Å². The lowest BCUT2D eigenvalue weighted by atomic mass is 10.2. The van der Waals surface area contributed by atoms with Gasteiger partial charge in [-0.2, -0.15) is 0 Å². The van der Waals surface area contributed by atoms with E-state index in [1.807, 2.05) is 0 Å². The number of carbonyl (C=O) groups is 2. The van der Waals surface area contributed by atoms with Gasteiger partial charge in [0.05, 0.1) is 5.69 Å². The molecule has 0 spiro atoms. The van der Waals surface area contributed by atoms with E-state index in [0.29, 0.717) is 19.2 Å². The number of hydrogen-bond donors (Lipinski definition) is 2. The lowest BCUT2D eigenvalue weighted by Gasteiger charge is -2.32. The first-order chi connectivity index (χ1) is 8.99. The summed E-state index contributed by atoms with van der Waals surface area (Å²) in [6.07, 6.45) is 0. The van der Waals surface area contributed by atoms with E-state index in [4.69, 9.17) is 0 Å². The number of hydrogen-bond acceptors (Lipinski definition) is 2. The van der Waals surface area contributed by atoms with Crippen LogP contribution in [0.15, 0.2) is 18.2 Å². The minimum absolute atomic E-state index is 0.121. The Morgan fingerprint density at radius 2 is 2.21 bits per heavy atom. The van der Waals surface area contributed by atoms with Crippen molar-refractivity contribution in [3.63, 3.8) is 0 Å². The molecule has 0 aromatic heterocycles.